The lowest BCUT2D eigenvalue weighted by Gasteiger charge is -2.16. The third kappa shape index (κ3) is 3.96. The van der Waals surface area contributed by atoms with Crippen LogP contribution in [0, 0.1) is 20.8 Å². The Labute approximate surface area is 194 Å². The van der Waals surface area contributed by atoms with Crippen LogP contribution in [-0.4, -0.2) is 18.9 Å². The lowest BCUT2D eigenvalue weighted by Crippen LogP contribution is -2.22. The molecule has 3 heterocycles. The minimum absolute atomic E-state index is 0.112. The highest BCUT2D eigenvalue weighted by atomic mass is 32.2. The number of nitrogens with zero attached hydrogens (tertiary/aromatic N) is 4. The van der Waals surface area contributed by atoms with Crippen molar-refractivity contribution in [2.45, 2.75) is 31.7 Å². The molecule has 6 nitrogen and oxygen atoms in total. The van der Waals surface area contributed by atoms with Crippen LogP contribution in [0.25, 0.3) is 22.2 Å². The van der Waals surface area contributed by atoms with Crippen molar-refractivity contribution in [2.24, 2.45) is 0 Å². The average Bonchev–Trinajstić information content (AvgIpc) is 2.80. The van der Waals surface area contributed by atoms with Crippen LogP contribution < -0.4 is 11.1 Å². The molecule has 5 rings (SSSR count). The fourth-order valence-corrected chi connectivity index (χ4v) is 4.75. The van der Waals surface area contributed by atoms with Crippen LogP contribution >= 0.6 is 11.8 Å². The molecule has 0 saturated heterocycles. The van der Waals surface area contributed by atoms with Crippen molar-refractivity contribution in [3.05, 3.63) is 110 Å². The molecule has 0 radical (unpaired) electrons. The molecule has 0 unspecified atom stereocenters. The van der Waals surface area contributed by atoms with Crippen molar-refractivity contribution in [3.63, 3.8) is 0 Å². The van der Waals surface area contributed by atoms with E-state index in [9.17, 15) is 9.59 Å². The third-order valence-electron chi connectivity index (χ3n) is 5.56. The van der Waals surface area contributed by atoms with Gasteiger partial charge < -0.3 is 0 Å². The van der Waals surface area contributed by atoms with Gasteiger partial charge in [-0.15, -0.1) is 0 Å². The second-order valence-electron chi connectivity index (χ2n) is 8.15. The molecule has 0 amide bonds. The molecule has 0 N–H and O–H groups in total. The fourth-order valence-electron chi connectivity index (χ4n) is 3.85. The molecule has 0 spiro atoms. The molecule has 2 aromatic carbocycles. The molecular weight excluding hydrogens is 432 g/mol. The van der Waals surface area contributed by atoms with E-state index in [-0.39, 0.29) is 11.1 Å². The van der Waals surface area contributed by atoms with Gasteiger partial charge in [0.15, 0.2) is 5.16 Å². The van der Waals surface area contributed by atoms with Crippen LogP contribution in [0.2, 0.25) is 0 Å². The van der Waals surface area contributed by atoms with Gasteiger partial charge in [0.1, 0.15) is 5.65 Å². The highest BCUT2D eigenvalue weighted by Gasteiger charge is 2.16. The number of hydrogen-bond acceptors (Lipinski definition) is 5. The Bertz CT molecular complexity index is 1650. The monoisotopic (exact) mass is 454 g/mol. The summed E-state index contributed by atoms with van der Waals surface area (Å²) in [6.45, 7) is 5.93. The van der Waals surface area contributed by atoms with Crippen molar-refractivity contribution in [1.82, 2.24) is 18.9 Å². The van der Waals surface area contributed by atoms with E-state index in [4.69, 9.17) is 4.98 Å². The summed E-state index contributed by atoms with van der Waals surface area (Å²) in [6.07, 6.45) is 1.78. The summed E-state index contributed by atoms with van der Waals surface area (Å²) in [5, 5.41) is 1.14. The highest BCUT2D eigenvalue weighted by Crippen LogP contribution is 2.26. The Hall–Kier alpha value is -3.71. The van der Waals surface area contributed by atoms with Crippen LogP contribution in [0.1, 0.15) is 22.4 Å². The van der Waals surface area contributed by atoms with Crippen LogP contribution in [0.15, 0.2) is 81.6 Å². The second-order valence-corrected chi connectivity index (χ2v) is 9.09. The molecule has 0 aliphatic rings. The van der Waals surface area contributed by atoms with E-state index in [1.807, 2.05) is 69.3 Å². The molecule has 164 valence electrons. The first-order chi connectivity index (χ1) is 15.9. The fraction of sp³-hybridized carbons (Fsp3) is 0.154. The number of thioether (sulfide) groups is 1. The lowest BCUT2D eigenvalue weighted by molar-refractivity contribution is 0.813. The van der Waals surface area contributed by atoms with Gasteiger partial charge in [0.05, 0.1) is 22.3 Å². The first-order valence-electron chi connectivity index (χ1n) is 10.6. The van der Waals surface area contributed by atoms with E-state index < -0.39 is 0 Å². The van der Waals surface area contributed by atoms with Gasteiger partial charge in [-0.2, -0.15) is 0 Å². The van der Waals surface area contributed by atoms with E-state index in [1.54, 1.807) is 27.3 Å². The van der Waals surface area contributed by atoms with Gasteiger partial charge in [-0.25, -0.2) is 9.97 Å². The minimum atomic E-state index is -0.127. The maximum atomic E-state index is 13.5. The third-order valence-corrected chi connectivity index (χ3v) is 6.53. The normalized spacial score (nSPS) is 11.4. The molecule has 33 heavy (non-hydrogen) atoms. The Kier molecular flexibility index (Phi) is 5.34. The number of pyridine rings is 1. The zero-order chi connectivity index (χ0) is 23.1. The zero-order valence-corrected chi connectivity index (χ0v) is 19.4. The van der Waals surface area contributed by atoms with Crippen LogP contribution in [-0.2, 0) is 5.75 Å². The van der Waals surface area contributed by atoms with Crippen molar-refractivity contribution in [1.29, 1.82) is 0 Å². The Morgan fingerprint density at radius 2 is 1.67 bits per heavy atom. The molecule has 0 aliphatic heterocycles. The standard InChI is InChI=1S/C26H22N4O2S/c1-16-8-10-18(3)22(12-16)30-25(32)20-6-4-5-7-21(20)28-26(30)33-15-19-13-24(31)29-14-17(2)9-11-23(29)27-19/h4-14H,15H2,1-3H3. The minimum Gasteiger partial charge on any atom is -0.269 e. The number of rotatable bonds is 4. The summed E-state index contributed by atoms with van der Waals surface area (Å²) in [7, 11) is 0. The van der Waals surface area contributed by atoms with Crippen LogP contribution in [0.3, 0.4) is 0 Å². The maximum Gasteiger partial charge on any atom is 0.266 e. The molecule has 0 atom stereocenters. The predicted octanol–water partition coefficient (Wildman–Crippen LogP) is 4.61. The Balaban J connectivity index is 1.63. The van der Waals surface area contributed by atoms with Crippen LogP contribution in [0.5, 0.6) is 0 Å². The molecule has 5 aromatic rings. The summed E-state index contributed by atoms with van der Waals surface area (Å²) >= 11 is 1.40. The first kappa shape index (κ1) is 21.2. The van der Waals surface area contributed by atoms with Crippen molar-refractivity contribution in [3.8, 4) is 5.69 Å². The molecule has 0 fully saturated rings. The highest BCUT2D eigenvalue weighted by molar-refractivity contribution is 7.98. The van der Waals surface area contributed by atoms with Crippen molar-refractivity contribution < 1.29 is 0 Å². The first-order valence-corrected chi connectivity index (χ1v) is 11.6. The van der Waals surface area contributed by atoms with Gasteiger partial charge in [0.25, 0.3) is 11.1 Å². The number of hydrogen-bond donors (Lipinski definition) is 0. The quantitative estimate of drug-likeness (QED) is 0.293. The molecule has 3 aromatic heterocycles. The number of para-hydroxylation sites is 1. The largest absolute Gasteiger partial charge is 0.269 e. The topological polar surface area (TPSA) is 69.3 Å². The Morgan fingerprint density at radius 1 is 0.879 bits per heavy atom. The van der Waals surface area contributed by atoms with E-state index in [0.717, 1.165) is 22.4 Å². The summed E-state index contributed by atoms with van der Waals surface area (Å²) in [5.74, 6) is 0.412. The zero-order valence-electron chi connectivity index (χ0n) is 18.6. The lowest BCUT2D eigenvalue weighted by atomic mass is 10.1. The summed E-state index contributed by atoms with van der Waals surface area (Å²) in [5.41, 5.74) is 5.50. The number of aromatic nitrogens is 4. The molecular formula is C26H22N4O2S. The van der Waals surface area contributed by atoms with Crippen molar-refractivity contribution >= 4 is 28.3 Å². The van der Waals surface area contributed by atoms with Crippen LogP contribution in [0.4, 0.5) is 0 Å². The van der Waals surface area contributed by atoms with E-state index in [1.165, 1.54) is 11.8 Å². The predicted molar refractivity (Wildman–Crippen MR) is 133 cm³/mol. The molecule has 0 saturated carbocycles. The number of fused-ring (bicyclic) bond motifs is 2. The second kappa shape index (κ2) is 8.33. The molecule has 0 aliphatic carbocycles. The molecule has 0 bridgehead atoms. The summed E-state index contributed by atoms with van der Waals surface area (Å²) < 4.78 is 3.22. The summed E-state index contributed by atoms with van der Waals surface area (Å²) in [6, 6.07) is 18.7. The SMILES string of the molecule is Cc1ccc(C)c(-n2c(SCc3cc(=O)n4cc(C)ccc4n3)nc3ccccc3c2=O)c1. The number of benzene rings is 2. The summed E-state index contributed by atoms with van der Waals surface area (Å²) in [4.78, 5) is 35.6. The van der Waals surface area contributed by atoms with E-state index >= 15 is 0 Å². The van der Waals surface area contributed by atoms with Gasteiger partial charge in [-0.05, 0) is 61.7 Å². The van der Waals surface area contributed by atoms with Gasteiger partial charge in [0.2, 0.25) is 0 Å². The van der Waals surface area contributed by atoms with Gasteiger partial charge in [0, 0.05) is 18.0 Å². The van der Waals surface area contributed by atoms with E-state index in [2.05, 4.69) is 4.98 Å². The Morgan fingerprint density at radius 3 is 2.52 bits per heavy atom. The maximum absolute atomic E-state index is 13.5. The number of aryl methyl sites for hydroxylation is 3. The smallest absolute Gasteiger partial charge is 0.266 e. The van der Waals surface area contributed by atoms with E-state index in [0.29, 0.717) is 33.2 Å². The van der Waals surface area contributed by atoms with Gasteiger partial charge in [-0.1, -0.05) is 42.1 Å². The van der Waals surface area contributed by atoms with Gasteiger partial charge in [-0.3, -0.25) is 18.6 Å². The van der Waals surface area contributed by atoms with Crippen molar-refractivity contribution in [2.75, 3.05) is 0 Å². The average molecular weight is 455 g/mol. The van der Waals surface area contributed by atoms with Gasteiger partial charge >= 0.3 is 0 Å². The molecule has 7 heteroatoms.